The molecule has 2 aromatic rings. The minimum absolute atomic E-state index is 0.00383. The Bertz CT molecular complexity index is 724. The molecule has 1 atom stereocenters. The molecule has 1 aliphatic heterocycles. The number of amides is 1. The molecule has 0 bridgehead atoms. The fourth-order valence-corrected chi connectivity index (χ4v) is 3.41. The second kappa shape index (κ2) is 7.79. The number of ether oxygens (including phenoxy) is 1. The van der Waals surface area contributed by atoms with Crippen LogP contribution in [0.2, 0.25) is 5.02 Å². The number of carbonyl (C=O) groups excluding carboxylic acids is 1. The van der Waals surface area contributed by atoms with Gasteiger partial charge in [0.05, 0.1) is 0 Å². The van der Waals surface area contributed by atoms with E-state index in [1.54, 1.807) is 43.3 Å². The Morgan fingerprint density at radius 2 is 1.88 bits per heavy atom. The zero-order valence-electron chi connectivity index (χ0n) is 14.2. The van der Waals surface area contributed by atoms with Gasteiger partial charge in [0.1, 0.15) is 11.5 Å². The van der Waals surface area contributed by atoms with E-state index in [1.807, 2.05) is 17.0 Å². The van der Waals surface area contributed by atoms with Crippen molar-refractivity contribution in [2.45, 2.75) is 31.8 Å². The first kappa shape index (κ1) is 17.6. The number of halogens is 1. The highest BCUT2D eigenvalue weighted by molar-refractivity contribution is 6.30. The third-order valence-corrected chi connectivity index (χ3v) is 4.86. The summed E-state index contributed by atoms with van der Waals surface area (Å²) in [4.78, 5) is 14.5. The van der Waals surface area contributed by atoms with Gasteiger partial charge in [-0.25, -0.2) is 0 Å². The van der Waals surface area contributed by atoms with Crippen LogP contribution >= 0.6 is 11.6 Å². The Balaban J connectivity index is 1.54. The van der Waals surface area contributed by atoms with Crippen molar-refractivity contribution in [3.8, 4) is 11.5 Å². The molecule has 2 aromatic carbocycles. The molecular weight excluding hydrogens is 338 g/mol. The molecule has 5 heteroatoms. The Morgan fingerprint density at radius 1 is 1.20 bits per heavy atom. The summed E-state index contributed by atoms with van der Waals surface area (Å²) in [5.41, 5.74) is 1.22. The van der Waals surface area contributed by atoms with E-state index in [1.165, 1.54) is 5.56 Å². The summed E-state index contributed by atoms with van der Waals surface area (Å²) in [5, 5.41) is 9.98. The third kappa shape index (κ3) is 4.45. The maximum atomic E-state index is 12.6. The van der Waals surface area contributed by atoms with Crippen molar-refractivity contribution < 1.29 is 14.6 Å². The van der Waals surface area contributed by atoms with Crippen molar-refractivity contribution in [1.82, 2.24) is 4.90 Å². The average Bonchev–Trinajstić information content (AvgIpc) is 2.62. The summed E-state index contributed by atoms with van der Waals surface area (Å²) in [6.45, 7) is 3.20. The normalized spacial score (nSPS) is 16.5. The predicted octanol–water partition coefficient (Wildman–Crippen LogP) is 4.22. The molecule has 0 spiro atoms. The third-order valence-electron chi connectivity index (χ3n) is 4.63. The molecule has 1 saturated heterocycles. The van der Waals surface area contributed by atoms with Gasteiger partial charge in [0.2, 0.25) is 0 Å². The van der Waals surface area contributed by atoms with E-state index in [4.69, 9.17) is 16.3 Å². The smallest absolute Gasteiger partial charge is 0.263 e. The maximum Gasteiger partial charge on any atom is 0.263 e. The molecule has 0 aromatic heterocycles. The highest BCUT2D eigenvalue weighted by atomic mass is 35.5. The molecule has 132 valence electrons. The standard InChI is InChI=1S/C20H22ClNO3/c1-14(25-19-4-2-3-17(21)13-19)20(24)22-11-9-16(10-12-22)15-5-7-18(23)8-6-15/h2-8,13-14,16,23H,9-12H2,1H3. The van der Waals surface area contributed by atoms with E-state index in [2.05, 4.69) is 0 Å². The van der Waals surface area contributed by atoms with Crippen LogP contribution in [-0.2, 0) is 4.79 Å². The lowest BCUT2D eigenvalue weighted by Crippen LogP contribution is -2.44. The molecular formula is C20H22ClNO3. The first-order chi connectivity index (χ1) is 12.0. The van der Waals surface area contributed by atoms with Gasteiger partial charge in [0, 0.05) is 18.1 Å². The quantitative estimate of drug-likeness (QED) is 0.889. The molecule has 1 fully saturated rings. The SMILES string of the molecule is CC(Oc1cccc(Cl)c1)C(=O)N1CCC(c2ccc(O)cc2)CC1. The molecule has 0 radical (unpaired) electrons. The minimum Gasteiger partial charge on any atom is -0.508 e. The van der Waals surface area contributed by atoms with Crippen LogP contribution in [0, 0.1) is 0 Å². The van der Waals surface area contributed by atoms with E-state index in [9.17, 15) is 9.90 Å². The second-order valence-electron chi connectivity index (χ2n) is 6.41. The first-order valence-electron chi connectivity index (χ1n) is 8.53. The summed E-state index contributed by atoms with van der Waals surface area (Å²) >= 11 is 5.95. The fourth-order valence-electron chi connectivity index (χ4n) is 3.23. The number of likely N-dealkylation sites (tertiary alicyclic amines) is 1. The summed E-state index contributed by atoms with van der Waals surface area (Å²) in [5.74, 6) is 1.31. The number of phenols is 1. The van der Waals surface area contributed by atoms with Crippen molar-refractivity contribution in [2.24, 2.45) is 0 Å². The molecule has 1 unspecified atom stereocenters. The zero-order chi connectivity index (χ0) is 17.8. The van der Waals surface area contributed by atoms with Crippen molar-refractivity contribution in [3.63, 3.8) is 0 Å². The maximum absolute atomic E-state index is 12.6. The van der Waals surface area contributed by atoms with Crippen LogP contribution in [0.3, 0.4) is 0 Å². The Morgan fingerprint density at radius 3 is 2.52 bits per heavy atom. The van der Waals surface area contributed by atoms with Crippen molar-refractivity contribution in [2.75, 3.05) is 13.1 Å². The highest BCUT2D eigenvalue weighted by Crippen LogP contribution is 2.29. The Labute approximate surface area is 153 Å². The zero-order valence-corrected chi connectivity index (χ0v) is 14.9. The molecule has 0 saturated carbocycles. The summed E-state index contributed by atoms with van der Waals surface area (Å²) in [7, 11) is 0. The van der Waals surface area contributed by atoms with E-state index >= 15 is 0 Å². The number of phenolic OH excluding ortho intramolecular Hbond substituents is 1. The van der Waals surface area contributed by atoms with Crippen LogP contribution < -0.4 is 4.74 Å². The van der Waals surface area contributed by atoms with Gasteiger partial charge in [0.15, 0.2) is 6.10 Å². The van der Waals surface area contributed by atoms with Gasteiger partial charge in [-0.15, -0.1) is 0 Å². The van der Waals surface area contributed by atoms with Crippen LogP contribution in [0.25, 0.3) is 0 Å². The lowest BCUT2D eigenvalue weighted by Gasteiger charge is -2.33. The van der Waals surface area contributed by atoms with Gasteiger partial charge in [-0.2, -0.15) is 0 Å². The largest absolute Gasteiger partial charge is 0.508 e. The fraction of sp³-hybridized carbons (Fsp3) is 0.350. The molecule has 3 rings (SSSR count). The minimum atomic E-state index is -0.538. The number of hydrogen-bond donors (Lipinski definition) is 1. The molecule has 1 heterocycles. The van der Waals surface area contributed by atoms with Gasteiger partial charge in [-0.1, -0.05) is 29.8 Å². The van der Waals surface area contributed by atoms with E-state index in [0.29, 0.717) is 29.8 Å². The van der Waals surface area contributed by atoms with Gasteiger partial charge >= 0.3 is 0 Å². The number of aromatic hydroxyl groups is 1. The predicted molar refractivity (Wildman–Crippen MR) is 98.2 cm³/mol. The van der Waals surface area contributed by atoms with Crippen LogP contribution in [0.5, 0.6) is 11.5 Å². The number of hydrogen-bond acceptors (Lipinski definition) is 3. The van der Waals surface area contributed by atoms with E-state index in [0.717, 1.165) is 12.8 Å². The van der Waals surface area contributed by atoms with Crippen molar-refractivity contribution in [3.05, 3.63) is 59.1 Å². The lowest BCUT2D eigenvalue weighted by atomic mass is 9.89. The van der Waals surface area contributed by atoms with Crippen LogP contribution in [0.4, 0.5) is 0 Å². The molecule has 25 heavy (non-hydrogen) atoms. The van der Waals surface area contributed by atoms with Gasteiger partial charge < -0.3 is 14.7 Å². The molecule has 0 aliphatic carbocycles. The first-order valence-corrected chi connectivity index (χ1v) is 8.90. The molecule has 1 N–H and O–H groups in total. The van der Waals surface area contributed by atoms with Gasteiger partial charge in [-0.3, -0.25) is 4.79 Å². The monoisotopic (exact) mass is 359 g/mol. The molecule has 1 amide bonds. The number of piperidine rings is 1. The summed E-state index contributed by atoms with van der Waals surface area (Å²) in [6, 6.07) is 14.4. The van der Waals surface area contributed by atoms with E-state index in [-0.39, 0.29) is 11.7 Å². The van der Waals surface area contributed by atoms with Crippen molar-refractivity contribution in [1.29, 1.82) is 0 Å². The number of rotatable bonds is 4. The molecule has 4 nitrogen and oxygen atoms in total. The van der Waals surface area contributed by atoms with Crippen LogP contribution in [0.15, 0.2) is 48.5 Å². The molecule has 1 aliphatic rings. The number of benzene rings is 2. The van der Waals surface area contributed by atoms with Crippen LogP contribution in [0.1, 0.15) is 31.2 Å². The van der Waals surface area contributed by atoms with E-state index < -0.39 is 6.10 Å². The summed E-state index contributed by atoms with van der Waals surface area (Å²) < 4.78 is 5.73. The number of carbonyl (C=O) groups is 1. The Kier molecular flexibility index (Phi) is 5.49. The van der Waals surface area contributed by atoms with Gasteiger partial charge in [0.25, 0.3) is 5.91 Å². The van der Waals surface area contributed by atoms with Crippen LogP contribution in [-0.4, -0.2) is 35.1 Å². The number of nitrogens with zero attached hydrogens (tertiary/aromatic N) is 1. The lowest BCUT2D eigenvalue weighted by molar-refractivity contribution is -0.139. The summed E-state index contributed by atoms with van der Waals surface area (Å²) in [6.07, 6.45) is 1.30. The van der Waals surface area contributed by atoms with Crippen molar-refractivity contribution >= 4 is 17.5 Å². The average molecular weight is 360 g/mol. The topological polar surface area (TPSA) is 49.8 Å². The Hall–Kier alpha value is -2.20. The van der Waals surface area contributed by atoms with Gasteiger partial charge in [-0.05, 0) is 61.6 Å². The second-order valence-corrected chi connectivity index (χ2v) is 6.84. The highest BCUT2D eigenvalue weighted by Gasteiger charge is 2.27.